The van der Waals surface area contributed by atoms with E-state index in [1.807, 2.05) is 58.0 Å². The highest BCUT2D eigenvalue weighted by atomic mass is 16.5. The van der Waals surface area contributed by atoms with Crippen molar-refractivity contribution in [3.05, 3.63) is 35.9 Å². The molecule has 0 aliphatic carbocycles. The number of carbonyl (C=O) groups excluding carboxylic acids is 3. The number of amides is 2. The summed E-state index contributed by atoms with van der Waals surface area (Å²) in [4.78, 5) is 42.8. The summed E-state index contributed by atoms with van der Waals surface area (Å²) in [5.74, 6) is -0.339. The number of esters is 1. The van der Waals surface area contributed by atoms with Crippen molar-refractivity contribution in [2.75, 3.05) is 13.1 Å². The molecule has 0 aromatic heterocycles. The van der Waals surface area contributed by atoms with Crippen molar-refractivity contribution in [2.24, 2.45) is 11.8 Å². The number of rotatable bonds is 7. The molecular formula is C24H34N2O4. The number of hydrogen-bond acceptors (Lipinski definition) is 4. The first-order valence-electron chi connectivity index (χ1n) is 11.1. The third-order valence-corrected chi connectivity index (χ3v) is 6.24. The van der Waals surface area contributed by atoms with E-state index < -0.39 is 11.6 Å². The zero-order valence-electron chi connectivity index (χ0n) is 18.6. The highest BCUT2D eigenvalue weighted by Crippen LogP contribution is 2.41. The highest BCUT2D eigenvalue weighted by molar-refractivity contribution is 5.96. The molecular weight excluding hydrogens is 380 g/mol. The van der Waals surface area contributed by atoms with Gasteiger partial charge in [-0.25, -0.2) is 4.79 Å². The van der Waals surface area contributed by atoms with Gasteiger partial charge in [0, 0.05) is 19.0 Å². The lowest BCUT2D eigenvalue weighted by atomic mass is 9.93. The average molecular weight is 415 g/mol. The van der Waals surface area contributed by atoms with Crippen LogP contribution in [0.1, 0.15) is 58.9 Å². The number of carbonyl (C=O) groups is 3. The van der Waals surface area contributed by atoms with Crippen molar-refractivity contribution >= 4 is 17.8 Å². The van der Waals surface area contributed by atoms with Crippen LogP contribution in [0.4, 0.5) is 0 Å². The molecule has 0 radical (unpaired) electrons. The van der Waals surface area contributed by atoms with Crippen LogP contribution in [0.2, 0.25) is 0 Å². The van der Waals surface area contributed by atoms with Gasteiger partial charge in [-0.2, -0.15) is 0 Å². The van der Waals surface area contributed by atoms with Crippen molar-refractivity contribution in [1.29, 1.82) is 0 Å². The molecule has 0 N–H and O–H groups in total. The number of benzene rings is 1. The predicted octanol–water partition coefficient (Wildman–Crippen LogP) is 3.39. The summed E-state index contributed by atoms with van der Waals surface area (Å²) in [6.07, 6.45) is 2.64. The van der Waals surface area contributed by atoms with E-state index in [1.165, 1.54) is 0 Å². The minimum Gasteiger partial charge on any atom is -0.459 e. The van der Waals surface area contributed by atoms with E-state index in [1.54, 1.807) is 9.80 Å². The molecule has 30 heavy (non-hydrogen) atoms. The molecule has 1 spiro atoms. The maximum atomic E-state index is 13.6. The third-order valence-electron chi connectivity index (χ3n) is 6.24. The van der Waals surface area contributed by atoms with Crippen molar-refractivity contribution in [3.63, 3.8) is 0 Å². The van der Waals surface area contributed by atoms with Gasteiger partial charge in [0.15, 0.2) is 0 Å². The fraction of sp³-hybridized carbons (Fsp3) is 0.625. The summed E-state index contributed by atoms with van der Waals surface area (Å²) in [6, 6.07) is 8.94. The van der Waals surface area contributed by atoms with Crippen molar-refractivity contribution in [1.82, 2.24) is 9.80 Å². The zero-order valence-corrected chi connectivity index (χ0v) is 18.6. The van der Waals surface area contributed by atoms with Crippen LogP contribution >= 0.6 is 0 Å². The summed E-state index contributed by atoms with van der Waals surface area (Å²) < 4.78 is 5.60. The van der Waals surface area contributed by atoms with Crippen molar-refractivity contribution < 1.29 is 19.1 Å². The number of ether oxygens (including phenoxy) is 1. The Labute approximate surface area is 179 Å². The minimum atomic E-state index is -0.781. The van der Waals surface area contributed by atoms with E-state index in [-0.39, 0.29) is 36.2 Å². The first-order valence-corrected chi connectivity index (χ1v) is 11.1. The molecule has 1 aromatic rings. The molecule has 2 amide bonds. The minimum absolute atomic E-state index is 0.0229. The van der Waals surface area contributed by atoms with Gasteiger partial charge >= 0.3 is 5.97 Å². The molecule has 0 saturated carbocycles. The van der Waals surface area contributed by atoms with Gasteiger partial charge in [0.2, 0.25) is 11.8 Å². The van der Waals surface area contributed by atoms with Gasteiger partial charge in [-0.1, -0.05) is 58.0 Å². The second-order valence-corrected chi connectivity index (χ2v) is 9.27. The Bertz CT molecular complexity index is 777. The molecule has 2 atom stereocenters. The lowest BCUT2D eigenvalue weighted by Crippen LogP contribution is -2.56. The van der Waals surface area contributed by atoms with Gasteiger partial charge < -0.3 is 14.5 Å². The Morgan fingerprint density at radius 2 is 1.77 bits per heavy atom. The highest BCUT2D eigenvalue weighted by Gasteiger charge is 2.57. The second kappa shape index (κ2) is 9.19. The molecule has 6 heteroatoms. The molecule has 164 valence electrons. The molecule has 3 rings (SSSR count). The normalized spacial score (nSPS) is 22.4. The van der Waals surface area contributed by atoms with Crippen LogP contribution in [-0.4, -0.2) is 52.3 Å². The SMILES string of the molecule is CC(C)C[C@H](C(=O)OCc1ccccc1)N1CC[C@]2(CCCN2C(=O)C(C)C)C1=O. The fourth-order valence-electron chi connectivity index (χ4n) is 4.69. The van der Waals surface area contributed by atoms with Crippen LogP contribution in [0, 0.1) is 11.8 Å². The van der Waals surface area contributed by atoms with Gasteiger partial charge in [0.1, 0.15) is 18.2 Å². The molecule has 1 aromatic carbocycles. The standard InChI is InChI=1S/C24H34N2O4/c1-17(2)15-20(22(28)30-16-19-9-6-5-7-10-19)25-14-12-24(23(25)29)11-8-13-26(24)21(27)18(3)4/h5-7,9-10,17-18,20H,8,11-16H2,1-4H3/t20-,24-/m1/s1. The fourth-order valence-corrected chi connectivity index (χ4v) is 4.69. The maximum absolute atomic E-state index is 13.6. The van der Waals surface area contributed by atoms with E-state index in [0.717, 1.165) is 12.0 Å². The maximum Gasteiger partial charge on any atom is 0.329 e. The second-order valence-electron chi connectivity index (χ2n) is 9.27. The van der Waals surface area contributed by atoms with Gasteiger partial charge in [0.05, 0.1) is 0 Å². The van der Waals surface area contributed by atoms with Crippen molar-refractivity contribution in [3.8, 4) is 0 Å². The van der Waals surface area contributed by atoms with Crippen molar-refractivity contribution in [2.45, 2.75) is 71.6 Å². The summed E-state index contributed by atoms with van der Waals surface area (Å²) in [6.45, 7) is 9.11. The van der Waals surface area contributed by atoms with E-state index >= 15 is 0 Å². The Kier molecular flexibility index (Phi) is 6.84. The van der Waals surface area contributed by atoms with E-state index in [2.05, 4.69) is 0 Å². The Balaban J connectivity index is 1.77. The van der Waals surface area contributed by atoms with E-state index in [0.29, 0.717) is 32.4 Å². The summed E-state index contributed by atoms with van der Waals surface area (Å²) >= 11 is 0. The third kappa shape index (κ3) is 4.37. The van der Waals surface area contributed by atoms with Crippen LogP contribution in [-0.2, 0) is 25.7 Å². The largest absolute Gasteiger partial charge is 0.459 e. The topological polar surface area (TPSA) is 66.9 Å². The number of likely N-dealkylation sites (tertiary alicyclic amines) is 2. The molecule has 2 saturated heterocycles. The zero-order chi connectivity index (χ0) is 21.9. The summed E-state index contributed by atoms with van der Waals surface area (Å²) in [5.41, 5.74) is 0.138. The quantitative estimate of drug-likeness (QED) is 0.642. The van der Waals surface area contributed by atoms with Gasteiger partial charge in [-0.05, 0) is 37.2 Å². The Morgan fingerprint density at radius 3 is 2.40 bits per heavy atom. The lowest BCUT2D eigenvalue weighted by Gasteiger charge is -2.36. The monoisotopic (exact) mass is 414 g/mol. The van der Waals surface area contributed by atoms with Gasteiger partial charge in [-0.15, -0.1) is 0 Å². The molecule has 2 aliphatic rings. The first-order chi connectivity index (χ1) is 14.3. The molecule has 2 heterocycles. The molecule has 2 aliphatic heterocycles. The van der Waals surface area contributed by atoms with Crippen LogP contribution < -0.4 is 0 Å². The lowest BCUT2D eigenvalue weighted by molar-refractivity contribution is -0.158. The van der Waals surface area contributed by atoms with Crippen LogP contribution in [0.5, 0.6) is 0 Å². The summed E-state index contributed by atoms with van der Waals surface area (Å²) in [5, 5.41) is 0. The first kappa shape index (κ1) is 22.3. The average Bonchev–Trinajstić information content (AvgIpc) is 3.29. The van der Waals surface area contributed by atoms with E-state index in [9.17, 15) is 14.4 Å². The van der Waals surface area contributed by atoms with Crippen LogP contribution in [0.25, 0.3) is 0 Å². The molecule has 0 unspecified atom stereocenters. The smallest absolute Gasteiger partial charge is 0.329 e. The number of nitrogens with zero attached hydrogens (tertiary/aromatic N) is 2. The Hall–Kier alpha value is -2.37. The number of hydrogen-bond donors (Lipinski definition) is 0. The molecule has 2 fully saturated rings. The van der Waals surface area contributed by atoms with Crippen LogP contribution in [0.15, 0.2) is 30.3 Å². The van der Waals surface area contributed by atoms with Gasteiger partial charge in [-0.3, -0.25) is 9.59 Å². The Morgan fingerprint density at radius 1 is 1.07 bits per heavy atom. The molecule has 6 nitrogen and oxygen atoms in total. The van der Waals surface area contributed by atoms with E-state index in [4.69, 9.17) is 4.74 Å². The van der Waals surface area contributed by atoms with Gasteiger partial charge in [0.25, 0.3) is 0 Å². The summed E-state index contributed by atoms with van der Waals surface area (Å²) in [7, 11) is 0. The molecule has 0 bridgehead atoms. The van der Waals surface area contributed by atoms with Crippen LogP contribution in [0.3, 0.4) is 0 Å². The predicted molar refractivity (Wildman–Crippen MR) is 114 cm³/mol.